The number of benzene rings is 3. The van der Waals surface area contributed by atoms with E-state index in [0.29, 0.717) is 53.4 Å². The van der Waals surface area contributed by atoms with Crippen molar-refractivity contribution in [2.24, 2.45) is 5.92 Å². The summed E-state index contributed by atoms with van der Waals surface area (Å²) in [6.07, 6.45) is 5.01. The van der Waals surface area contributed by atoms with Gasteiger partial charge in [-0.25, -0.2) is 9.59 Å². The number of anilines is 1. The van der Waals surface area contributed by atoms with Crippen LogP contribution in [-0.2, 0) is 30.4 Å². The molecule has 3 atom stereocenters. The fourth-order valence-electron chi connectivity index (χ4n) is 6.36. The lowest BCUT2D eigenvalue weighted by atomic mass is 9.93. The van der Waals surface area contributed by atoms with Crippen LogP contribution in [0.2, 0.25) is 5.02 Å². The lowest BCUT2D eigenvalue weighted by Gasteiger charge is -2.29. The second-order valence-corrected chi connectivity index (χ2v) is 12.7. The highest BCUT2D eigenvalue weighted by Crippen LogP contribution is 2.57. The molecule has 272 valence electrons. The monoisotopic (exact) mass is 730 g/mol. The third kappa shape index (κ3) is 8.44. The average molecular weight is 731 g/mol. The third-order valence-electron chi connectivity index (χ3n) is 9.11. The van der Waals surface area contributed by atoms with Crippen LogP contribution in [0.1, 0.15) is 52.7 Å². The molecule has 0 bridgehead atoms. The molecule has 1 saturated carbocycles. The summed E-state index contributed by atoms with van der Waals surface area (Å²) in [6, 6.07) is 15.8. The second-order valence-electron chi connectivity index (χ2n) is 12.3. The number of aromatic nitrogens is 2. The van der Waals surface area contributed by atoms with E-state index in [1.165, 1.54) is 7.11 Å². The van der Waals surface area contributed by atoms with Crippen LogP contribution < -0.4 is 19.7 Å². The van der Waals surface area contributed by atoms with Gasteiger partial charge < -0.3 is 24.3 Å². The smallest absolute Gasteiger partial charge is 0.414 e. The molecule has 3 aromatic carbocycles. The molecule has 1 aliphatic carbocycles. The van der Waals surface area contributed by atoms with Gasteiger partial charge >= 0.3 is 18.2 Å². The molecule has 13 nitrogen and oxygen atoms in total. The first kappa shape index (κ1) is 37.6. The van der Waals surface area contributed by atoms with Gasteiger partial charge in [0.25, 0.3) is 5.91 Å². The number of ether oxygens (including phenoxy) is 4. The van der Waals surface area contributed by atoms with Crippen molar-refractivity contribution in [3.8, 4) is 22.6 Å². The number of nitrogens with zero attached hydrogens (tertiary/aromatic N) is 3. The zero-order valence-corrected chi connectivity index (χ0v) is 30.0. The van der Waals surface area contributed by atoms with Gasteiger partial charge in [0.2, 0.25) is 0 Å². The summed E-state index contributed by atoms with van der Waals surface area (Å²) >= 11 is 6.19. The molecule has 1 N–H and O–H groups in total. The molecule has 0 radical (unpaired) electrons. The van der Waals surface area contributed by atoms with Gasteiger partial charge in [0, 0.05) is 40.0 Å². The van der Waals surface area contributed by atoms with Gasteiger partial charge in [-0.3, -0.25) is 14.4 Å². The first-order chi connectivity index (χ1) is 25.1. The Hall–Kier alpha value is -5.65. The lowest BCUT2D eigenvalue weighted by molar-refractivity contribution is -0.191. The van der Waals surface area contributed by atoms with Crippen molar-refractivity contribution in [1.29, 1.82) is 0 Å². The molecule has 52 heavy (non-hydrogen) atoms. The molecule has 2 heterocycles. The summed E-state index contributed by atoms with van der Waals surface area (Å²) in [5.41, 5.74) is 5.87. The number of carbonyl (C=O) groups is 3. The lowest BCUT2D eigenvalue weighted by Crippen LogP contribution is -2.41. The van der Waals surface area contributed by atoms with E-state index < -0.39 is 18.1 Å². The predicted octanol–water partition coefficient (Wildman–Crippen LogP) is 5.81. The SMILES string of the molecule is CC[C@H](NC(=O)c1ccc(OC)c(Cn2cc(-c3cccc4c3[C@H]3C[C@H]3CN4C(=O)OCCOc3cccc(Cl)c3C)cn2)c1)C(=O)OC.O=C=O. The van der Waals surface area contributed by atoms with Crippen LogP contribution in [0.5, 0.6) is 11.5 Å². The van der Waals surface area contributed by atoms with Crippen LogP contribution in [0.15, 0.2) is 67.0 Å². The van der Waals surface area contributed by atoms with Crippen molar-refractivity contribution < 1.29 is 42.9 Å². The number of fused-ring (bicyclic) bond motifs is 3. The fourth-order valence-corrected chi connectivity index (χ4v) is 6.53. The Balaban J connectivity index is 0.00000168. The summed E-state index contributed by atoms with van der Waals surface area (Å²) in [5, 5.41) is 7.99. The number of hydrogen-bond acceptors (Lipinski definition) is 10. The van der Waals surface area contributed by atoms with Gasteiger partial charge in [-0.1, -0.05) is 36.7 Å². The van der Waals surface area contributed by atoms with E-state index in [-0.39, 0.29) is 25.3 Å². The number of esters is 1. The van der Waals surface area contributed by atoms with Gasteiger partial charge in [-0.15, -0.1) is 0 Å². The molecular formula is C38H39ClN4O9. The van der Waals surface area contributed by atoms with Crippen molar-refractivity contribution in [2.75, 3.05) is 38.9 Å². The van der Waals surface area contributed by atoms with Crippen LogP contribution in [0, 0.1) is 12.8 Å². The largest absolute Gasteiger partial charge is 0.496 e. The number of rotatable bonds is 12. The molecule has 1 aliphatic heterocycles. The minimum Gasteiger partial charge on any atom is -0.496 e. The molecule has 6 rings (SSSR count). The zero-order valence-electron chi connectivity index (χ0n) is 29.2. The normalized spacial score (nSPS) is 15.8. The topological polar surface area (TPSA) is 155 Å². The Bertz CT molecular complexity index is 1970. The Morgan fingerprint density at radius 3 is 2.56 bits per heavy atom. The molecule has 1 aromatic heterocycles. The zero-order chi connectivity index (χ0) is 37.4. The average Bonchev–Trinajstić information content (AvgIpc) is 3.80. The molecule has 2 amide bonds. The van der Waals surface area contributed by atoms with Crippen molar-refractivity contribution in [3.63, 3.8) is 0 Å². The molecule has 0 saturated heterocycles. The Kier molecular flexibility index (Phi) is 12.3. The molecule has 0 spiro atoms. The van der Waals surface area contributed by atoms with E-state index in [1.807, 2.05) is 43.6 Å². The number of amides is 2. The van der Waals surface area contributed by atoms with Gasteiger partial charge in [0.05, 0.1) is 32.6 Å². The summed E-state index contributed by atoms with van der Waals surface area (Å²) in [6.45, 7) is 4.95. The van der Waals surface area contributed by atoms with Crippen molar-refractivity contribution in [3.05, 3.63) is 94.3 Å². The van der Waals surface area contributed by atoms with Crippen molar-refractivity contribution in [1.82, 2.24) is 15.1 Å². The van der Waals surface area contributed by atoms with Gasteiger partial charge in [0.15, 0.2) is 0 Å². The highest BCUT2D eigenvalue weighted by Gasteiger charge is 2.48. The minimum absolute atomic E-state index is 0.105. The maximum absolute atomic E-state index is 13.3. The Morgan fingerprint density at radius 2 is 1.83 bits per heavy atom. The van der Waals surface area contributed by atoms with E-state index in [4.69, 9.17) is 40.1 Å². The molecule has 4 aromatic rings. The maximum Gasteiger partial charge on any atom is 0.414 e. The summed E-state index contributed by atoms with van der Waals surface area (Å²) in [4.78, 5) is 56.3. The van der Waals surface area contributed by atoms with Gasteiger partial charge in [-0.2, -0.15) is 14.7 Å². The first-order valence-electron chi connectivity index (χ1n) is 16.7. The summed E-state index contributed by atoms with van der Waals surface area (Å²) < 4.78 is 23.6. The second kappa shape index (κ2) is 17.0. The van der Waals surface area contributed by atoms with E-state index in [2.05, 4.69) is 16.5 Å². The van der Waals surface area contributed by atoms with Crippen LogP contribution in [-0.4, -0.2) is 73.9 Å². The van der Waals surface area contributed by atoms with Crippen LogP contribution in [0.25, 0.3) is 11.1 Å². The number of carbonyl (C=O) groups excluding carboxylic acids is 5. The van der Waals surface area contributed by atoms with Gasteiger partial charge in [-0.05, 0) is 79.1 Å². The standard InChI is InChI=1S/C37H39ClN4O7.CO2/c1-5-30(36(44)47-4)40-35(43)23-12-13-33(46-3)25(16-23)19-41-20-26(18-39-41)27-8-6-10-31-34(27)28-17-24(28)21-42(31)37(45)49-15-14-48-32-11-7-9-29(38)22(32)2;2-1-3/h6-13,16,18,20,24,28,30H,5,14-15,17,19,21H2,1-4H3,(H,40,43);/t24-,28-,30-;/m0./s1. The molecule has 2 aliphatic rings. The quantitative estimate of drug-likeness (QED) is 0.140. The summed E-state index contributed by atoms with van der Waals surface area (Å²) in [7, 11) is 2.87. The predicted molar refractivity (Wildman–Crippen MR) is 190 cm³/mol. The van der Waals surface area contributed by atoms with E-state index in [0.717, 1.165) is 39.9 Å². The highest BCUT2D eigenvalue weighted by molar-refractivity contribution is 6.31. The van der Waals surface area contributed by atoms with Crippen LogP contribution in [0.3, 0.4) is 0 Å². The fraction of sp³-hybridized carbons (Fsp3) is 0.342. The van der Waals surface area contributed by atoms with Gasteiger partial charge in [0.1, 0.15) is 30.8 Å². The molecule has 0 unspecified atom stereocenters. The third-order valence-corrected chi connectivity index (χ3v) is 9.52. The Labute approximate surface area is 305 Å². The van der Waals surface area contributed by atoms with Crippen LogP contribution in [0.4, 0.5) is 10.5 Å². The minimum atomic E-state index is -0.740. The number of nitrogens with one attached hydrogen (secondary N) is 1. The molecule has 14 heteroatoms. The molecular weight excluding hydrogens is 692 g/mol. The summed E-state index contributed by atoms with van der Waals surface area (Å²) in [5.74, 6) is 1.11. The number of hydrogen-bond donors (Lipinski definition) is 1. The Morgan fingerprint density at radius 1 is 1.06 bits per heavy atom. The van der Waals surface area contributed by atoms with E-state index >= 15 is 0 Å². The van der Waals surface area contributed by atoms with Crippen molar-refractivity contribution in [2.45, 2.75) is 45.2 Å². The first-order valence-corrected chi connectivity index (χ1v) is 17.0. The molecule has 1 fully saturated rings. The van der Waals surface area contributed by atoms with E-state index in [1.54, 1.807) is 47.9 Å². The number of halogens is 1. The van der Waals surface area contributed by atoms with Crippen molar-refractivity contribution >= 4 is 41.4 Å². The number of methoxy groups -OCH3 is 2. The van der Waals surface area contributed by atoms with E-state index in [9.17, 15) is 14.4 Å². The maximum atomic E-state index is 13.3. The van der Waals surface area contributed by atoms with Crippen LogP contribution >= 0.6 is 11.6 Å². The highest BCUT2D eigenvalue weighted by atomic mass is 35.5.